The third-order valence-electron chi connectivity index (χ3n) is 4.68. The van der Waals surface area contributed by atoms with Crippen LogP contribution in [0.1, 0.15) is 50.3 Å². The van der Waals surface area contributed by atoms with E-state index in [2.05, 4.69) is 41.6 Å². The summed E-state index contributed by atoms with van der Waals surface area (Å²) in [5.74, 6) is 6.66. The maximum Gasteiger partial charge on any atom is 0.120 e. The minimum Gasteiger partial charge on any atom is -0.396 e. The molecule has 0 spiro atoms. The van der Waals surface area contributed by atoms with Gasteiger partial charge in [-0.1, -0.05) is 25.7 Å². The second-order valence-corrected chi connectivity index (χ2v) is 9.36. The van der Waals surface area contributed by atoms with Crippen LogP contribution >= 0.6 is 11.3 Å². The van der Waals surface area contributed by atoms with Crippen molar-refractivity contribution < 1.29 is 10.2 Å². The molecular formula is C21H34N2O2S. The Morgan fingerprint density at radius 1 is 1.31 bits per heavy atom. The van der Waals surface area contributed by atoms with E-state index in [-0.39, 0.29) is 6.61 Å². The van der Waals surface area contributed by atoms with E-state index in [0.29, 0.717) is 6.04 Å². The number of hydrogen-bond acceptors (Lipinski definition) is 5. The van der Waals surface area contributed by atoms with Crippen LogP contribution in [-0.2, 0) is 6.54 Å². The van der Waals surface area contributed by atoms with E-state index in [1.807, 2.05) is 6.07 Å². The van der Waals surface area contributed by atoms with Crippen molar-refractivity contribution in [3.63, 3.8) is 0 Å². The van der Waals surface area contributed by atoms with Crippen molar-refractivity contribution in [1.29, 1.82) is 0 Å². The van der Waals surface area contributed by atoms with Crippen molar-refractivity contribution in [2.45, 2.75) is 58.7 Å². The molecule has 0 bridgehead atoms. The lowest BCUT2D eigenvalue weighted by Crippen LogP contribution is -2.53. The highest BCUT2D eigenvalue weighted by atomic mass is 32.1. The van der Waals surface area contributed by atoms with Crippen molar-refractivity contribution in [3.05, 3.63) is 21.9 Å². The van der Waals surface area contributed by atoms with Gasteiger partial charge in [-0.2, -0.15) is 0 Å². The summed E-state index contributed by atoms with van der Waals surface area (Å²) in [5, 5.41) is 19.2. The first-order valence-electron chi connectivity index (χ1n) is 9.68. The molecule has 1 aliphatic heterocycles. The van der Waals surface area contributed by atoms with Crippen LogP contribution in [0.4, 0.5) is 0 Å². The molecule has 0 radical (unpaired) electrons. The van der Waals surface area contributed by atoms with E-state index < -0.39 is 5.60 Å². The highest BCUT2D eigenvalue weighted by Gasteiger charge is 2.26. The van der Waals surface area contributed by atoms with E-state index in [4.69, 9.17) is 0 Å². The van der Waals surface area contributed by atoms with Crippen LogP contribution in [0.15, 0.2) is 12.1 Å². The van der Waals surface area contributed by atoms with Crippen molar-refractivity contribution in [3.8, 4) is 11.8 Å². The second kappa shape index (κ2) is 9.87. The summed E-state index contributed by atoms with van der Waals surface area (Å²) in [6.45, 7) is 13.4. The third-order valence-corrected chi connectivity index (χ3v) is 5.66. The molecule has 1 atom stereocenters. The van der Waals surface area contributed by atoms with Crippen molar-refractivity contribution in [2.24, 2.45) is 5.92 Å². The Bertz CT molecular complexity index is 610. The highest BCUT2D eigenvalue weighted by Crippen LogP contribution is 2.21. The van der Waals surface area contributed by atoms with E-state index >= 15 is 0 Å². The van der Waals surface area contributed by atoms with Crippen LogP contribution < -0.4 is 0 Å². The number of hydrogen-bond donors (Lipinski definition) is 2. The van der Waals surface area contributed by atoms with E-state index in [1.54, 1.807) is 25.2 Å². The van der Waals surface area contributed by atoms with Crippen molar-refractivity contribution in [2.75, 3.05) is 32.8 Å². The largest absolute Gasteiger partial charge is 0.396 e. The zero-order valence-electron chi connectivity index (χ0n) is 16.7. The van der Waals surface area contributed by atoms with Crippen LogP contribution in [0.3, 0.4) is 0 Å². The Kier molecular flexibility index (Phi) is 8.12. The Morgan fingerprint density at radius 3 is 2.73 bits per heavy atom. The van der Waals surface area contributed by atoms with Gasteiger partial charge in [0.25, 0.3) is 0 Å². The normalized spacial score (nSPS) is 19.6. The first-order chi connectivity index (χ1) is 12.3. The maximum atomic E-state index is 9.73. The monoisotopic (exact) mass is 378 g/mol. The standard InChI is InChI=1S/C21H34N2O2S/c1-17(2)8-11-23-13-12-22(15-18(23)9-14-24)16-20-6-5-19(26-20)7-10-21(3,4)25/h5-6,17-18,24-25H,8-9,11-16H2,1-4H3/t18-/m0/s1. The average molecular weight is 379 g/mol. The smallest absolute Gasteiger partial charge is 0.120 e. The molecule has 0 saturated carbocycles. The Labute approximate surface area is 162 Å². The molecule has 4 nitrogen and oxygen atoms in total. The predicted octanol–water partition coefficient (Wildman–Crippen LogP) is 2.79. The van der Waals surface area contributed by atoms with Crippen LogP contribution in [0.2, 0.25) is 0 Å². The predicted molar refractivity (Wildman–Crippen MR) is 109 cm³/mol. The highest BCUT2D eigenvalue weighted by molar-refractivity contribution is 7.12. The van der Waals surface area contributed by atoms with Gasteiger partial charge in [0.1, 0.15) is 5.60 Å². The molecule has 2 N–H and O–H groups in total. The summed E-state index contributed by atoms with van der Waals surface area (Å²) in [6.07, 6.45) is 2.07. The summed E-state index contributed by atoms with van der Waals surface area (Å²) in [5.41, 5.74) is -0.950. The minimum absolute atomic E-state index is 0.256. The topological polar surface area (TPSA) is 46.9 Å². The van der Waals surface area contributed by atoms with E-state index in [0.717, 1.165) is 49.9 Å². The third kappa shape index (κ3) is 7.38. The SMILES string of the molecule is CC(C)CCN1CCN(Cc2ccc(C#CC(C)(C)O)s2)C[C@@H]1CCO. The molecule has 2 heterocycles. The quantitative estimate of drug-likeness (QED) is 0.716. The molecule has 146 valence electrons. The van der Waals surface area contributed by atoms with Crippen molar-refractivity contribution in [1.82, 2.24) is 9.80 Å². The minimum atomic E-state index is -0.950. The lowest BCUT2D eigenvalue weighted by Gasteiger charge is -2.41. The van der Waals surface area contributed by atoms with Gasteiger partial charge in [0.05, 0.1) is 4.88 Å². The van der Waals surface area contributed by atoms with E-state index in [1.165, 1.54) is 11.3 Å². The summed E-state index contributed by atoms with van der Waals surface area (Å²) < 4.78 is 0. The Hall–Kier alpha value is -0.900. The summed E-state index contributed by atoms with van der Waals surface area (Å²) in [7, 11) is 0. The molecule has 0 unspecified atom stereocenters. The first kappa shape index (κ1) is 21.4. The molecule has 1 aromatic heterocycles. The molecule has 5 heteroatoms. The fourth-order valence-electron chi connectivity index (χ4n) is 3.21. The molecule has 0 amide bonds. The number of aliphatic hydroxyl groups is 2. The summed E-state index contributed by atoms with van der Waals surface area (Å²) in [4.78, 5) is 7.36. The maximum absolute atomic E-state index is 9.73. The number of aliphatic hydroxyl groups excluding tert-OH is 1. The summed E-state index contributed by atoms with van der Waals surface area (Å²) >= 11 is 1.71. The Balaban J connectivity index is 1.92. The summed E-state index contributed by atoms with van der Waals surface area (Å²) in [6, 6.07) is 4.63. The first-order valence-corrected chi connectivity index (χ1v) is 10.5. The van der Waals surface area contributed by atoms with Gasteiger partial charge in [-0.05, 0) is 51.3 Å². The molecule has 26 heavy (non-hydrogen) atoms. The molecule has 1 fully saturated rings. The molecule has 2 rings (SSSR count). The number of nitrogens with zero attached hydrogens (tertiary/aromatic N) is 2. The van der Waals surface area contributed by atoms with Crippen LogP contribution in [0.5, 0.6) is 0 Å². The average Bonchev–Trinajstić information content (AvgIpc) is 2.99. The van der Waals surface area contributed by atoms with Crippen LogP contribution in [-0.4, -0.2) is 64.4 Å². The van der Waals surface area contributed by atoms with Gasteiger partial charge in [0, 0.05) is 43.7 Å². The van der Waals surface area contributed by atoms with Crippen molar-refractivity contribution >= 4 is 11.3 Å². The lowest BCUT2D eigenvalue weighted by atomic mass is 10.1. The molecule has 0 aliphatic carbocycles. The Morgan fingerprint density at radius 2 is 2.08 bits per heavy atom. The van der Waals surface area contributed by atoms with Gasteiger partial charge in [-0.3, -0.25) is 9.80 Å². The fraction of sp³-hybridized carbons (Fsp3) is 0.714. The zero-order chi connectivity index (χ0) is 19.2. The molecule has 1 aliphatic rings. The van der Waals surface area contributed by atoms with Gasteiger partial charge in [0.2, 0.25) is 0 Å². The zero-order valence-corrected chi connectivity index (χ0v) is 17.5. The van der Waals surface area contributed by atoms with Gasteiger partial charge in [-0.25, -0.2) is 0 Å². The van der Waals surface area contributed by atoms with Gasteiger partial charge in [-0.15, -0.1) is 11.3 Å². The van der Waals surface area contributed by atoms with Gasteiger partial charge >= 0.3 is 0 Å². The molecule has 0 aromatic carbocycles. The molecule has 1 saturated heterocycles. The second-order valence-electron chi connectivity index (χ2n) is 8.19. The number of thiophene rings is 1. The lowest BCUT2D eigenvalue weighted by molar-refractivity contribution is 0.0529. The van der Waals surface area contributed by atoms with Gasteiger partial charge in [0.15, 0.2) is 0 Å². The fourth-order valence-corrected chi connectivity index (χ4v) is 4.11. The number of rotatable bonds is 7. The number of piperazine rings is 1. The van der Waals surface area contributed by atoms with Crippen LogP contribution in [0, 0.1) is 17.8 Å². The van der Waals surface area contributed by atoms with E-state index in [9.17, 15) is 10.2 Å². The van der Waals surface area contributed by atoms with Crippen LogP contribution in [0.25, 0.3) is 0 Å². The molecular weight excluding hydrogens is 344 g/mol. The van der Waals surface area contributed by atoms with Gasteiger partial charge < -0.3 is 10.2 Å². The molecule has 1 aromatic rings.